The molecule has 0 heterocycles. The van der Waals surface area contributed by atoms with Crippen LogP contribution in [0.2, 0.25) is 0 Å². The maximum Gasteiger partial charge on any atom is 0.243 e. The molecule has 0 aliphatic heterocycles. The molecular weight excluding hydrogens is 255 g/mol. The predicted octanol–water partition coefficient (Wildman–Crippen LogP) is 1.38. The summed E-state index contributed by atoms with van der Waals surface area (Å²) in [7, 11) is -2.02. The van der Waals surface area contributed by atoms with E-state index in [0.717, 1.165) is 12.8 Å². The summed E-state index contributed by atoms with van der Waals surface area (Å²) in [5, 5.41) is 2.89. The van der Waals surface area contributed by atoms with Gasteiger partial charge in [0.25, 0.3) is 0 Å². The Hall–Kier alpha value is -0.980. The van der Waals surface area contributed by atoms with Gasteiger partial charge in [0.15, 0.2) is 0 Å². The van der Waals surface area contributed by atoms with Crippen LogP contribution < -0.4 is 10.0 Å². The first-order chi connectivity index (χ1) is 8.36. The van der Waals surface area contributed by atoms with Gasteiger partial charge in [0.1, 0.15) is 10.7 Å². The summed E-state index contributed by atoms with van der Waals surface area (Å²) in [5.41, 5.74) is 0.320. The fourth-order valence-electron chi connectivity index (χ4n) is 1.75. The van der Waals surface area contributed by atoms with Crippen molar-refractivity contribution in [1.82, 2.24) is 10.0 Å². The van der Waals surface area contributed by atoms with Crippen molar-refractivity contribution in [1.29, 1.82) is 0 Å². The Balaban J connectivity index is 2.27. The summed E-state index contributed by atoms with van der Waals surface area (Å²) in [5.74, 6) is -0.709. The quantitative estimate of drug-likeness (QED) is 0.851. The van der Waals surface area contributed by atoms with Gasteiger partial charge in [-0.05, 0) is 44.5 Å². The topological polar surface area (TPSA) is 58.2 Å². The molecule has 1 aliphatic carbocycles. The van der Waals surface area contributed by atoms with Crippen LogP contribution in [0, 0.1) is 5.82 Å². The van der Waals surface area contributed by atoms with Gasteiger partial charge >= 0.3 is 0 Å². The number of rotatable bonds is 5. The molecule has 0 unspecified atom stereocenters. The molecule has 1 aromatic carbocycles. The fourth-order valence-corrected chi connectivity index (χ4v) is 3.27. The van der Waals surface area contributed by atoms with Crippen LogP contribution in [0.3, 0.4) is 0 Å². The van der Waals surface area contributed by atoms with Crippen LogP contribution in [0.25, 0.3) is 0 Å². The SMILES string of the molecule is CNCc1ccc(S(=O)(=O)NC2(C)CC2)c(F)c1. The molecule has 2 rings (SSSR count). The predicted molar refractivity (Wildman–Crippen MR) is 67.1 cm³/mol. The zero-order chi connectivity index (χ0) is 13.4. The summed E-state index contributed by atoms with van der Waals surface area (Å²) in [6.07, 6.45) is 1.59. The molecule has 4 nitrogen and oxygen atoms in total. The third kappa shape index (κ3) is 2.88. The molecule has 0 spiro atoms. The molecule has 1 aliphatic rings. The molecule has 18 heavy (non-hydrogen) atoms. The van der Waals surface area contributed by atoms with Gasteiger partial charge < -0.3 is 5.32 Å². The largest absolute Gasteiger partial charge is 0.316 e. The zero-order valence-corrected chi connectivity index (χ0v) is 11.3. The Kier molecular flexibility index (Phi) is 3.44. The lowest BCUT2D eigenvalue weighted by Crippen LogP contribution is -2.34. The summed E-state index contributed by atoms with van der Waals surface area (Å²) < 4.78 is 40.4. The lowest BCUT2D eigenvalue weighted by molar-refractivity contribution is 0.540. The van der Waals surface area contributed by atoms with Crippen LogP contribution in [0.1, 0.15) is 25.3 Å². The van der Waals surface area contributed by atoms with Crippen molar-refractivity contribution in [2.24, 2.45) is 0 Å². The van der Waals surface area contributed by atoms with E-state index in [1.54, 1.807) is 13.1 Å². The van der Waals surface area contributed by atoms with Crippen molar-refractivity contribution < 1.29 is 12.8 Å². The van der Waals surface area contributed by atoms with Crippen molar-refractivity contribution in [3.05, 3.63) is 29.6 Å². The third-order valence-electron chi connectivity index (χ3n) is 3.05. The minimum Gasteiger partial charge on any atom is -0.316 e. The molecule has 0 atom stereocenters. The minimum absolute atomic E-state index is 0.282. The molecule has 1 saturated carbocycles. The molecule has 100 valence electrons. The van der Waals surface area contributed by atoms with E-state index in [9.17, 15) is 12.8 Å². The molecule has 6 heteroatoms. The Morgan fingerprint density at radius 1 is 1.39 bits per heavy atom. The van der Waals surface area contributed by atoms with Gasteiger partial charge in [0.2, 0.25) is 10.0 Å². The van der Waals surface area contributed by atoms with E-state index in [1.807, 2.05) is 6.92 Å². The molecule has 0 amide bonds. The van der Waals surface area contributed by atoms with Gasteiger partial charge in [-0.3, -0.25) is 0 Å². The van der Waals surface area contributed by atoms with E-state index >= 15 is 0 Å². The molecule has 0 aromatic heterocycles. The van der Waals surface area contributed by atoms with Crippen LogP contribution in [0.4, 0.5) is 4.39 Å². The monoisotopic (exact) mass is 272 g/mol. The van der Waals surface area contributed by atoms with Crippen molar-refractivity contribution in [3.63, 3.8) is 0 Å². The summed E-state index contributed by atoms with van der Waals surface area (Å²) in [6.45, 7) is 2.32. The summed E-state index contributed by atoms with van der Waals surface area (Å²) >= 11 is 0. The molecule has 2 N–H and O–H groups in total. The third-order valence-corrected chi connectivity index (χ3v) is 4.72. The highest BCUT2D eigenvalue weighted by Crippen LogP contribution is 2.36. The van der Waals surface area contributed by atoms with Crippen LogP contribution in [-0.4, -0.2) is 21.0 Å². The number of hydrogen-bond acceptors (Lipinski definition) is 3. The summed E-state index contributed by atoms with van der Waals surface area (Å²) in [4.78, 5) is -0.282. The molecule has 1 fully saturated rings. The van der Waals surface area contributed by atoms with E-state index in [-0.39, 0.29) is 4.90 Å². The van der Waals surface area contributed by atoms with E-state index in [0.29, 0.717) is 12.1 Å². The number of benzene rings is 1. The Morgan fingerprint density at radius 2 is 2.06 bits per heavy atom. The van der Waals surface area contributed by atoms with Gasteiger partial charge in [-0.25, -0.2) is 17.5 Å². The number of sulfonamides is 1. The van der Waals surface area contributed by atoms with Gasteiger partial charge in [-0.1, -0.05) is 6.07 Å². The van der Waals surface area contributed by atoms with Crippen LogP contribution in [0.5, 0.6) is 0 Å². The van der Waals surface area contributed by atoms with Crippen LogP contribution in [0.15, 0.2) is 23.1 Å². The van der Waals surface area contributed by atoms with Crippen molar-refractivity contribution in [2.75, 3.05) is 7.05 Å². The highest BCUT2D eigenvalue weighted by atomic mass is 32.2. The van der Waals surface area contributed by atoms with Crippen molar-refractivity contribution in [2.45, 2.75) is 36.7 Å². The average molecular weight is 272 g/mol. The van der Waals surface area contributed by atoms with Crippen LogP contribution >= 0.6 is 0 Å². The van der Waals surface area contributed by atoms with Gasteiger partial charge in [0.05, 0.1) is 0 Å². The summed E-state index contributed by atoms with van der Waals surface area (Å²) in [6, 6.07) is 4.18. The molecule has 0 bridgehead atoms. The molecule has 1 aromatic rings. The molecule has 0 saturated heterocycles. The van der Waals surface area contributed by atoms with Gasteiger partial charge in [-0.15, -0.1) is 0 Å². The number of nitrogens with one attached hydrogen (secondary N) is 2. The standard InChI is InChI=1S/C12H17FN2O2S/c1-12(5-6-12)15-18(16,17)11-4-3-9(8-14-2)7-10(11)13/h3-4,7,14-15H,5-6,8H2,1-2H3. The lowest BCUT2D eigenvalue weighted by Gasteiger charge is -2.13. The normalized spacial score (nSPS) is 17.7. The van der Waals surface area contributed by atoms with Crippen LogP contribution in [-0.2, 0) is 16.6 Å². The fraction of sp³-hybridized carbons (Fsp3) is 0.500. The average Bonchev–Trinajstić information content (AvgIpc) is 2.94. The maximum absolute atomic E-state index is 13.8. The van der Waals surface area contributed by atoms with E-state index in [2.05, 4.69) is 10.0 Å². The zero-order valence-electron chi connectivity index (χ0n) is 10.5. The minimum atomic E-state index is -3.76. The Labute approximate surface area is 107 Å². The number of halogens is 1. The number of hydrogen-bond donors (Lipinski definition) is 2. The lowest BCUT2D eigenvalue weighted by atomic mass is 10.2. The van der Waals surface area contributed by atoms with Crippen molar-refractivity contribution in [3.8, 4) is 0 Å². The molecular formula is C12H17FN2O2S. The second-order valence-corrected chi connectivity index (χ2v) is 6.61. The second-order valence-electron chi connectivity index (χ2n) is 4.96. The second kappa shape index (κ2) is 4.60. The highest BCUT2D eigenvalue weighted by Gasteiger charge is 2.41. The smallest absolute Gasteiger partial charge is 0.243 e. The molecule has 0 radical (unpaired) electrons. The maximum atomic E-state index is 13.8. The van der Waals surface area contributed by atoms with Gasteiger partial charge in [-0.2, -0.15) is 0 Å². The van der Waals surface area contributed by atoms with E-state index in [1.165, 1.54) is 12.1 Å². The Morgan fingerprint density at radius 3 is 2.56 bits per heavy atom. The van der Waals surface area contributed by atoms with E-state index in [4.69, 9.17) is 0 Å². The van der Waals surface area contributed by atoms with E-state index < -0.39 is 21.4 Å². The Bertz CT molecular complexity index is 553. The van der Waals surface area contributed by atoms with Gasteiger partial charge in [0, 0.05) is 12.1 Å². The first-order valence-corrected chi connectivity index (χ1v) is 7.32. The first-order valence-electron chi connectivity index (χ1n) is 5.83. The highest BCUT2D eigenvalue weighted by molar-refractivity contribution is 7.89. The van der Waals surface area contributed by atoms with Crippen molar-refractivity contribution >= 4 is 10.0 Å². The first kappa shape index (κ1) is 13.5.